The number of benzene rings is 1. The van der Waals surface area contributed by atoms with Crippen molar-refractivity contribution in [3.8, 4) is 0 Å². The molecular weight excluding hydrogens is 304 g/mol. The molecule has 17 heavy (non-hydrogen) atoms. The quantitative estimate of drug-likeness (QED) is 0.813. The number of sulfonamides is 1. The molecule has 6 heteroatoms. The Morgan fingerprint density at radius 3 is 2.53 bits per heavy atom. The second-order valence-electron chi connectivity index (χ2n) is 4.27. The number of halogens is 1. The van der Waals surface area contributed by atoms with Gasteiger partial charge in [0.05, 0.1) is 32.1 Å². The molecule has 0 aliphatic rings. The molecule has 4 nitrogen and oxygen atoms in total. The molecule has 2 N–H and O–H groups in total. The Labute approximate surface area is 111 Å². The topological polar surface area (TPSA) is 50.6 Å². The average molecular weight is 322 g/mol. The van der Waals surface area contributed by atoms with E-state index in [2.05, 4.69) is 20.7 Å². The van der Waals surface area contributed by atoms with Gasteiger partial charge >= 0.3 is 0 Å². The minimum absolute atomic E-state index is 0.312. The summed E-state index contributed by atoms with van der Waals surface area (Å²) in [5.41, 5.74) is 0.908. The van der Waals surface area contributed by atoms with E-state index in [1.54, 1.807) is 18.2 Å². The largest absolute Gasteiger partial charge is 0.339 e. The fraction of sp³-hybridized carbons (Fsp3) is 0.455. The Balaban J connectivity index is 2.79. The maximum Gasteiger partial charge on any atom is 0.240 e. The Bertz CT molecular complexity index is 486. The summed E-state index contributed by atoms with van der Waals surface area (Å²) in [6.45, 7) is 3.07. The summed E-state index contributed by atoms with van der Waals surface area (Å²) in [6, 6.07) is 5.01. The van der Waals surface area contributed by atoms with Crippen molar-refractivity contribution < 1.29 is 13.3 Å². The SMILES string of the molecule is Cc1cc(S(=O)(=O)NCC[NH+](C)C)ccc1Br. The van der Waals surface area contributed by atoms with E-state index in [-0.39, 0.29) is 0 Å². The number of hydrogen-bond acceptors (Lipinski definition) is 2. The third kappa shape index (κ3) is 4.39. The molecule has 0 unspecified atom stereocenters. The molecule has 0 fully saturated rings. The van der Waals surface area contributed by atoms with Gasteiger partial charge in [-0.25, -0.2) is 13.1 Å². The number of rotatable bonds is 5. The predicted octanol–water partition coefficient (Wildman–Crippen LogP) is 0.180. The van der Waals surface area contributed by atoms with Crippen molar-refractivity contribution in [3.05, 3.63) is 28.2 Å². The average Bonchev–Trinajstić information content (AvgIpc) is 2.21. The first kappa shape index (κ1) is 14.6. The third-order valence-electron chi connectivity index (χ3n) is 2.36. The maximum absolute atomic E-state index is 11.9. The first-order chi connectivity index (χ1) is 7.83. The van der Waals surface area contributed by atoms with E-state index in [1.165, 1.54) is 4.90 Å². The van der Waals surface area contributed by atoms with Crippen LogP contribution in [0.15, 0.2) is 27.6 Å². The van der Waals surface area contributed by atoms with Gasteiger partial charge in [-0.1, -0.05) is 15.9 Å². The van der Waals surface area contributed by atoms with E-state index in [0.717, 1.165) is 16.6 Å². The molecule has 0 bridgehead atoms. The first-order valence-electron chi connectivity index (χ1n) is 5.38. The van der Waals surface area contributed by atoms with Crippen LogP contribution >= 0.6 is 15.9 Å². The van der Waals surface area contributed by atoms with E-state index in [4.69, 9.17) is 0 Å². The van der Waals surface area contributed by atoms with Crippen LogP contribution in [0.1, 0.15) is 5.56 Å². The molecule has 0 aromatic heterocycles. The molecule has 1 rings (SSSR count). The highest BCUT2D eigenvalue weighted by Gasteiger charge is 2.14. The second-order valence-corrected chi connectivity index (χ2v) is 6.89. The van der Waals surface area contributed by atoms with Gasteiger partial charge in [-0.05, 0) is 30.7 Å². The minimum Gasteiger partial charge on any atom is -0.339 e. The van der Waals surface area contributed by atoms with Crippen molar-refractivity contribution in [1.82, 2.24) is 4.72 Å². The Morgan fingerprint density at radius 2 is 2.00 bits per heavy atom. The Hall–Kier alpha value is -0.430. The van der Waals surface area contributed by atoms with Crippen LogP contribution in [0.25, 0.3) is 0 Å². The number of likely N-dealkylation sites (N-methyl/N-ethyl adjacent to an activating group) is 1. The minimum atomic E-state index is -3.38. The van der Waals surface area contributed by atoms with Crippen LogP contribution < -0.4 is 9.62 Å². The van der Waals surface area contributed by atoms with E-state index < -0.39 is 10.0 Å². The van der Waals surface area contributed by atoms with Crippen LogP contribution in [-0.2, 0) is 10.0 Å². The molecule has 0 atom stereocenters. The molecule has 96 valence electrons. The van der Waals surface area contributed by atoms with Crippen LogP contribution in [0, 0.1) is 6.92 Å². The van der Waals surface area contributed by atoms with Crippen LogP contribution in [0.2, 0.25) is 0 Å². The normalized spacial score (nSPS) is 12.1. The zero-order valence-electron chi connectivity index (χ0n) is 10.2. The van der Waals surface area contributed by atoms with Crippen molar-refractivity contribution in [1.29, 1.82) is 0 Å². The number of quaternary nitrogens is 1. The van der Waals surface area contributed by atoms with E-state index in [1.807, 2.05) is 21.0 Å². The monoisotopic (exact) mass is 321 g/mol. The molecule has 0 spiro atoms. The lowest BCUT2D eigenvalue weighted by Gasteiger charge is -2.10. The summed E-state index contributed by atoms with van der Waals surface area (Å²) in [7, 11) is 0.589. The number of hydrogen-bond donors (Lipinski definition) is 2. The zero-order chi connectivity index (χ0) is 13.1. The van der Waals surface area contributed by atoms with E-state index in [9.17, 15) is 8.42 Å². The highest BCUT2D eigenvalue weighted by atomic mass is 79.9. The Kier molecular flexibility index (Phi) is 5.12. The number of nitrogens with one attached hydrogen (secondary N) is 2. The zero-order valence-corrected chi connectivity index (χ0v) is 12.7. The van der Waals surface area contributed by atoms with Crippen molar-refractivity contribution in [2.75, 3.05) is 27.2 Å². The van der Waals surface area contributed by atoms with Gasteiger partial charge in [0.15, 0.2) is 0 Å². The van der Waals surface area contributed by atoms with Crippen molar-refractivity contribution in [3.63, 3.8) is 0 Å². The summed E-state index contributed by atoms with van der Waals surface area (Å²) in [6.07, 6.45) is 0. The molecule has 0 aliphatic heterocycles. The van der Waals surface area contributed by atoms with E-state index >= 15 is 0 Å². The van der Waals surface area contributed by atoms with Crippen LogP contribution in [0.5, 0.6) is 0 Å². The van der Waals surface area contributed by atoms with Gasteiger partial charge < -0.3 is 4.90 Å². The molecule has 0 amide bonds. The smallest absolute Gasteiger partial charge is 0.240 e. The van der Waals surface area contributed by atoms with Crippen molar-refractivity contribution >= 4 is 26.0 Å². The van der Waals surface area contributed by atoms with Crippen LogP contribution in [0.3, 0.4) is 0 Å². The molecule has 0 saturated heterocycles. The maximum atomic E-state index is 11.9. The third-order valence-corrected chi connectivity index (χ3v) is 4.71. The summed E-state index contributed by atoms with van der Waals surface area (Å²) >= 11 is 3.35. The van der Waals surface area contributed by atoms with Gasteiger partial charge in [0, 0.05) is 4.47 Å². The second kappa shape index (κ2) is 5.95. The summed E-state index contributed by atoms with van der Waals surface area (Å²) < 4.78 is 27.4. The lowest BCUT2D eigenvalue weighted by molar-refractivity contribution is -0.856. The predicted molar refractivity (Wildman–Crippen MR) is 71.7 cm³/mol. The van der Waals surface area contributed by atoms with E-state index in [0.29, 0.717) is 11.4 Å². The summed E-state index contributed by atoms with van der Waals surface area (Å²) in [5.74, 6) is 0. The first-order valence-corrected chi connectivity index (χ1v) is 7.65. The highest BCUT2D eigenvalue weighted by Crippen LogP contribution is 2.19. The summed E-state index contributed by atoms with van der Waals surface area (Å²) in [4.78, 5) is 1.52. The highest BCUT2D eigenvalue weighted by molar-refractivity contribution is 9.10. The van der Waals surface area contributed by atoms with Crippen LogP contribution in [0.4, 0.5) is 0 Å². The standard InChI is InChI=1S/C11H17BrN2O2S/c1-9-8-10(4-5-11(9)12)17(15,16)13-6-7-14(2)3/h4-5,8,13H,6-7H2,1-3H3/p+1. The van der Waals surface area contributed by atoms with Gasteiger partial charge in [0.25, 0.3) is 0 Å². The summed E-state index contributed by atoms with van der Waals surface area (Å²) in [5, 5.41) is 0. The fourth-order valence-corrected chi connectivity index (χ4v) is 2.67. The Morgan fingerprint density at radius 1 is 1.35 bits per heavy atom. The van der Waals surface area contributed by atoms with Gasteiger partial charge in [-0.3, -0.25) is 0 Å². The molecule has 0 saturated carbocycles. The van der Waals surface area contributed by atoms with Gasteiger partial charge in [0.2, 0.25) is 10.0 Å². The lowest BCUT2D eigenvalue weighted by Crippen LogP contribution is -3.06. The van der Waals surface area contributed by atoms with Crippen molar-refractivity contribution in [2.45, 2.75) is 11.8 Å². The molecular formula is C11H18BrN2O2S+. The van der Waals surface area contributed by atoms with Gasteiger partial charge in [0.1, 0.15) is 0 Å². The fourth-order valence-electron chi connectivity index (χ4n) is 1.30. The molecule has 1 aromatic carbocycles. The molecule has 0 aliphatic carbocycles. The van der Waals surface area contributed by atoms with Crippen molar-refractivity contribution in [2.24, 2.45) is 0 Å². The lowest BCUT2D eigenvalue weighted by atomic mass is 10.2. The van der Waals surface area contributed by atoms with Crippen LogP contribution in [-0.4, -0.2) is 35.6 Å². The molecule has 1 aromatic rings. The number of aryl methyl sites for hydroxylation is 1. The molecule has 0 heterocycles. The van der Waals surface area contributed by atoms with Gasteiger partial charge in [-0.2, -0.15) is 0 Å². The molecule has 0 radical (unpaired) electrons. The van der Waals surface area contributed by atoms with Gasteiger partial charge in [-0.15, -0.1) is 0 Å².